The highest BCUT2D eigenvalue weighted by atomic mass is 16.4. The maximum absolute atomic E-state index is 12.9. The van der Waals surface area contributed by atoms with Gasteiger partial charge in [0, 0.05) is 24.9 Å². The summed E-state index contributed by atoms with van der Waals surface area (Å²) in [5.74, 6) is -3.39. The standard InChI is InChI=1S/C21H37N9O5/c1-4-11(2)16(20(34)35)30-17(31)12(3)28-19(33)15(8-13-9-25-10-27-13)29-18(32)14(22)6-5-7-26-21(23)24/h9-12,14-16H,4-8,22H2,1-3H3,(H,25,27)(H,28,33)(H,29,32)(H,30,31)(H,34,35)(H4,23,24,26). The predicted octanol–water partition coefficient (Wildman–Crippen LogP) is -2.06. The summed E-state index contributed by atoms with van der Waals surface area (Å²) in [4.78, 5) is 60.1. The number of hydrogen-bond acceptors (Lipinski definition) is 7. The van der Waals surface area contributed by atoms with Crippen molar-refractivity contribution in [1.29, 1.82) is 0 Å². The Kier molecular flexibility index (Phi) is 12.2. The lowest BCUT2D eigenvalue weighted by Crippen LogP contribution is -2.57. The number of aromatic nitrogens is 2. The lowest BCUT2D eigenvalue weighted by molar-refractivity contribution is -0.143. The van der Waals surface area contributed by atoms with Gasteiger partial charge < -0.3 is 43.2 Å². The van der Waals surface area contributed by atoms with Gasteiger partial charge in [-0.3, -0.25) is 19.4 Å². The Morgan fingerprint density at radius 3 is 2.34 bits per heavy atom. The highest BCUT2D eigenvalue weighted by Crippen LogP contribution is 2.08. The van der Waals surface area contributed by atoms with E-state index < -0.39 is 47.9 Å². The van der Waals surface area contributed by atoms with Crippen molar-refractivity contribution in [2.24, 2.45) is 28.1 Å². The van der Waals surface area contributed by atoms with Crippen molar-refractivity contribution in [3.63, 3.8) is 0 Å². The van der Waals surface area contributed by atoms with Crippen LogP contribution in [0.25, 0.3) is 0 Å². The summed E-state index contributed by atoms with van der Waals surface area (Å²) in [6.45, 7) is 5.25. The summed E-state index contributed by atoms with van der Waals surface area (Å²) in [5.41, 5.74) is 17.0. The molecule has 0 bridgehead atoms. The van der Waals surface area contributed by atoms with E-state index in [-0.39, 0.29) is 24.7 Å². The van der Waals surface area contributed by atoms with Crippen LogP contribution in [0.2, 0.25) is 0 Å². The van der Waals surface area contributed by atoms with Gasteiger partial charge in [0.15, 0.2) is 5.96 Å². The number of carbonyl (C=O) groups is 4. The van der Waals surface area contributed by atoms with Crippen LogP contribution < -0.4 is 33.2 Å². The Balaban J connectivity index is 2.81. The molecule has 5 atom stereocenters. The molecule has 1 aromatic rings. The van der Waals surface area contributed by atoms with Gasteiger partial charge in [-0.25, -0.2) is 9.78 Å². The number of guanidine groups is 1. The van der Waals surface area contributed by atoms with E-state index in [9.17, 15) is 24.3 Å². The van der Waals surface area contributed by atoms with Gasteiger partial charge in [-0.1, -0.05) is 20.3 Å². The molecule has 0 aromatic carbocycles. The summed E-state index contributed by atoms with van der Waals surface area (Å²) in [6.07, 6.45) is 4.29. The van der Waals surface area contributed by atoms with Crippen LogP contribution in [0.1, 0.15) is 45.7 Å². The Labute approximate surface area is 203 Å². The summed E-state index contributed by atoms with van der Waals surface area (Å²) in [6, 6.07) is -4.12. The van der Waals surface area contributed by atoms with Crippen LogP contribution in [0.15, 0.2) is 17.5 Å². The number of nitrogens with zero attached hydrogens (tertiary/aromatic N) is 2. The second kappa shape index (κ2) is 14.6. The largest absolute Gasteiger partial charge is 0.480 e. The van der Waals surface area contributed by atoms with Gasteiger partial charge in [-0.2, -0.15) is 0 Å². The van der Waals surface area contributed by atoms with E-state index in [1.54, 1.807) is 6.92 Å². The lowest BCUT2D eigenvalue weighted by Gasteiger charge is -2.25. The number of amides is 3. The molecule has 0 saturated carbocycles. The second-order valence-corrected chi connectivity index (χ2v) is 8.34. The predicted molar refractivity (Wildman–Crippen MR) is 129 cm³/mol. The molecule has 11 N–H and O–H groups in total. The lowest BCUT2D eigenvalue weighted by atomic mass is 9.99. The number of aromatic amines is 1. The van der Waals surface area contributed by atoms with Gasteiger partial charge in [-0.05, 0) is 25.7 Å². The van der Waals surface area contributed by atoms with Crippen molar-refractivity contribution in [2.75, 3.05) is 6.54 Å². The minimum Gasteiger partial charge on any atom is -0.480 e. The SMILES string of the molecule is CCC(C)C(NC(=O)C(C)NC(=O)C(Cc1cnc[nH]1)NC(=O)C(N)CCCN=C(N)N)C(=O)O. The fourth-order valence-electron chi connectivity index (χ4n) is 3.10. The summed E-state index contributed by atoms with van der Waals surface area (Å²) < 4.78 is 0. The zero-order valence-corrected chi connectivity index (χ0v) is 20.3. The van der Waals surface area contributed by atoms with Gasteiger partial charge in [0.2, 0.25) is 17.7 Å². The van der Waals surface area contributed by atoms with E-state index in [0.717, 1.165) is 0 Å². The fourth-order valence-corrected chi connectivity index (χ4v) is 3.10. The molecule has 14 heteroatoms. The number of carboxylic acids is 1. The van der Waals surface area contributed by atoms with Crippen molar-refractivity contribution in [3.8, 4) is 0 Å². The number of rotatable bonds is 15. The molecule has 14 nitrogen and oxygen atoms in total. The number of hydrogen-bond donors (Lipinski definition) is 8. The first-order valence-electron chi connectivity index (χ1n) is 11.4. The smallest absolute Gasteiger partial charge is 0.326 e. The minimum absolute atomic E-state index is 0.0590. The van der Waals surface area contributed by atoms with Crippen molar-refractivity contribution in [1.82, 2.24) is 25.9 Å². The van der Waals surface area contributed by atoms with Crippen LogP contribution >= 0.6 is 0 Å². The number of aliphatic carboxylic acids is 1. The van der Waals surface area contributed by atoms with E-state index >= 15 is 0 Å². The van der Waals surface area contributed by atoms with E-state index in [1.165, 1.54) is 19.4 Å². The molecule has 1 rings (SSSR count). The molecular weight excluding hydrogens is 458 g/mol. The van der Waals surface area contributed by atoms with Crippen LogP contribution in [0.3, 0.4) is 0 Å². The van der Waals surface area contributed by atoms with Crippen molar-refractivity contribution >= 4 is 29.7 Å². The first kappa shape index (κ1) is 29.4. The second-order valence-electron chi connectivity index (χ2n) is 8.34. The molecule has 35 heavy (non-hydrogen) atoms. The molecular formula is C21H37N9O5. The molecule has 1 heterocycles. The highest BCUT2D eigenvalue weighted by molar-refractivity contribution is 5.94. The van der Waals surface area contributed by atoms with Crippen molar-refractivity contribution in [2.45, 2.75) is 70.6 Å². The third-order valence-corrected chi connectivity index (χ3v) is 5.45. The zero-order chi connectivity index (χ0) is 26.5. The first-order valence-corrected chi connectivity index (χ1v) is 11.4. The van der Waals surface area contributed by atoms with Crippen molar-refractivity contribution < 1.29 is 24.3 Å². The van der Waals surface area contributed by atoms with Gasteiger partial charge in [0.25, 0.3) is 0 Å². The van der Waals surface area contributed by atoms with Crippen LogP contribution in [0.5, 0.6) is 0 Å². The van der Waals surface area contributed by atoms with E-state index in [1.807, 2.05) is 6.92 Å². The van der Waals surface area contributed by atoms with Gasteiger partial charge in [0.05, 0.1) is 12.4 Å². The number of aliphatic imine (C=N–C) groups is 1. The molecule has 1 aromatic heterocycles. The number of nitrogens with two attached hydrogens (primary N) is 3. The Hall–Kier alpha value is -3.68. The van der Waals surface area contributed by atoms with E-state index in [0.29, 0.717) is 25.1 Å². The summed E-state index contributed by atoms with van der Waals surface area (Å²) in [7, 11) is 0. The van der Waals surface area contributed by atoms with Gasteiger partial charge in [0.1, 0.15) is 18.1 Å². The van der Waals surface area contributed by atoms with E-state index in [4.69, 9.17) is 17.2 Å². The Bertz CT molecular complexity index is 871. The summed E-state index contributed by atoms with van der Waals surface area (Å²) >= 11 is 0. The van der Waals surface area contributed by atoms with Crippen molar-refractivity contribution in [3.05, 3.63) is 18.2 Å². The monoisotopic (exact) mass is 495 g/mol. The topological polar surface area (TPSA) is 244 Å². The molecule has 0 aliphatic heterocycles. The molecule has 196 valence electrons. The maximum Gasteiger partial charge on any atom is 0.326 e. The highest BCUT2D eigenvalue weighted by Gasteiger charge is 2.30. The molecule has 5 unspecified atom stereocenters. The molecule has 0 aliphatic carbocycles. The third-order valence-electron chi connectivity index (χ3n) is 5.45. The fraction of sp³-hybridized carbons (Fsp3) is 0.619. The molecule has 0 aliphatic rings. The third kappa shape index (κ3) is 10.4. The average Bonchev–Trinajstić information content (AvgIpc) is 3.31. The number of H-pyrrole nitrogens is 1. The Morgan fingerprint density at radius 2 is 1.80 bits per heavy atom. The normalized spacial score (nSPS) is 15.1. The van der Waals surface area contributed by atoms with Gasteiger partial charge >= 0.3 is 5.97 Å². The minimum atomic E-state index is -1.16. The van der Waals surface area contributed by atoms with Gasteiger partial charge in [-0.15, -0.1) is 0 Å². The van der Waals surface area contributed by atoms with E-state index in [2.05, 4.69) is 30.9 Å². The first-order chi connectivity index (χ1) is 16.5. The number of carboxylic acid groups (broad SMARTS) is 1. The number of nitrogens with one attached hydrogen (secondary N) is 4. The quantitative estimate of drug-likeness (QED) is 0.0756. The van der Waals surface area contributed by atoms with Crippen LogP contribution in [0.4, 0.5) is 0 Å². The Morgan fingerprint density at radius 1 is 1.11 bits per heavy atom. The molecule has 0 fully saturated rings. The average molecular weight is 496 g/mol. The molecule has 0 radical (unpaired) electrons. The molecule has 0 spiro atoms. The number of imidazole rings is 1. The van der Waals surface area contributed by atoms with Crippen LogP contribution in [-0.4, -0.2) is 75.4 Å². The zero-order valence-electron chi connectivity index (χ0n) is 20.3. The molecule has 3 amide bonds. The maximum atomic E-state index is 12.9. The molecule has 0 saturated heterocycles. The summed E-state index contributed by atoms with van der Waals surface area (Å²) in [5, 5.41) is 17.0. The number of carbonyl (C=O) groups excluding carboxylic acids is 3. The van der Waals surface area contributed by atoms with Crippen LogP contribution in [-0.2, 0) is 25.6 Å². The van der Waals surface area contributed by atoms with Crippen LogP contribution in [0, 0.1) is 5.92 Å².